The number of hydrogen-bond donors (Lipinski definition) is 1. The molecule has 2 rings (SSSR count). The minimum absolute atomic E-state index is 0.0698. The Morgan fingerprint density at radius 3 is 2.33 bits per heavy atom. The van der Waals surface area contributed by atoms with E-state index in [1.54, 1.807) is 29.2 Å². The molecule has 0 unspecified atom stereocenters. The monoisotopic (exact) mass is 394 g/mol. The molecule has 1 heterocycles. The van der Waals surface area contributed by atoms with Crippen LogP contribution in [0.3, 0.4) is 0 Å². The molecule has 6 nitrogen and oxygen atoms in total. The van der Waals surface area contributed by atoms with Gasteiger partial charge in [-0.15, -0.1) is 0 Å². The van der Waals surface area contributed by atoms with E-state index in [1.165, 1.54) is 0 Å². The highest BCUT2D eigenvalue weighted by Gasteiger charge is 2.29. The molecule has 0 aromatic heterocycles. The van der Waals surface area contributed by atoms with Gasteiger partial charge in [0.1, 0.15) is 0 Å². The van der Waals surface area contributed by atoms with E-state index in [-0.39, 0.29) is 35.8 Å². The summed E-state index contributed by atoms with van der Waals surface area (Å²) in [5.74, 6) is -1.03. The summed E-state index contributed by atoms with van der Waals surface area (Å²) in [4.78, 5) is 38.3. The number of amides is 2. The molecule has 1 aliphatic heterocycles. The van der Waals surface area contributed by atoms with Crippen LogP contribution in [0.4, 0.5) is 0 Å². The molecule has 1 saturated heterocycles. The van der Waals surface area contributed by atoms with Crippen molar-refractivity contribution < 1.29 is 19.1 Å². The smallest absolute Gasteiger partial charge is 0.309 e. The first-order chi connectivity index (χ1) is 12.7. The molecule has 0 radical (unpaired) electrons. The Labute approximate surface area is 165 Å². The predicted octanol–water partition coefficient (Wildman–Crippen LogP) is 3.04. The largest absolute Gasteiger partial charge is 0.455 e. The SMILES string of the molecule is CCC(C)(C)NC(=O)COC(=O)C1CCN(C(=O)c2ccc(Cl)cc2)CC1. The number of halogens is 1. The van der Waals surface area contributed by atoms with Crippen molar-refractivity contribution in [2.45, 2.75) is 45.6 Å². The first-order valence-corrected chi connectivity index (χ1v) is 9.62. The maximum Gasteiger partial charge on any atom is 0.309 e. The molecule has 7 heteroatoms. The maximum atomic E-state index is 12.5. The molecule has 0 aliphatic carbocycles. The van der Waals surface area contributed by atoms with Gasteiger partial charge in [-0.1, -0.05) is 18.5 Å². The van der Waals surface area contributed by atoms with E-state index in [9.17, 15) is 14.4 Å². The fraction of sp³-hybridized carbons (Fsp3) is 0.550. The number of carbonyl (C=O) groups excluding carboxylic acids is 3. The van der Waals surface area contributed by atoms with Crippen LogP contribution in [0, 0.1) is 5.92 Å². The minimum atomic E-state index is -0.377. The van der Waals surface area contributed by atoms with E-state index in [2.05, 4.69) is 5.32 Å². The van der Waals surface area contributed by atoms with E-state index >= 15 is 0 Å². The van der Waals surface area contributed by atoms with Crippen LogP contribution >= 0.6 is 11.6 Å². The second-order valence-corrected chi connectivity index (χ2v) is 7.90. The zero-order valence-electron chi connectivity index (χ0n) is 16.1. The van der Waals surface area contributed by atoms with Crippen LogP contribution in [-0.2, 0) is 14.3 Å². The third-order valence-corrected chi connectivity index (χ3v) is 5.17. The third kappa shape index (κ3) is 6.24. The zero-order chi connectivity index (χ0) is 20.0. The Bertz CT molecular complexity index is 680. The van der Waals surface area contributed by atoms with Crippen LogP contribution in [0.2, 0.25) is 5.02 Å². The molecule has 1 fully saturated rings. The van der Waals surface area contributed by atoms with Crippen molar-refractivity contribution in [2.24, 2.45) is 5.92 Å². The summed E-state index contributed by atoms with van der Waals surface area (Å²) in [5, 5.41) is 3.41. The lowest BCUT2D eigenvalue weighted by Gasteiger charge is -2.31. The summed E-state index contributed by atoms with van der Waals surface area (Å²) in [5.41, 5.74) is 0.257. The second kappa shape index (κ2) is 9.22. The molecular formula is C20H27ClN2O4. The van der Waals surface area contributed by atoms with E-state index in [1.807, 2.05) is 20.8 Å². The number of benzene rings is 1. The lowest BCUT2D eigenvalue weighted by atomic mass is 9.96. The average molecular weight is 395 g/mol. The molecule has 0 spiro atoms. The number of nitrogens with one attached hydrogen (secondary N) is 1. The number of piperidine rings is 1. The minimum Gasteiger partial charge on any atom is -0.455 e. The van der Waals surface area contributed by atoms with Gasteiger partial charge in [0.2, 0.25) is 0 Å². The standard InChI is InChI=1S/C20H27ClN2O4/c1-4-20(2,3)22-17(24)13-27-19(26)15-9-11-23(12-10-15)18(25)14-5-7-16(21)8-6-14/h5-8,15H,4,9-13H2,1-3H3,(H,22,24). The molecule has 1 aromatic carbocycles. The van der Waals surface area contributed by atoms with E-state index in [0.717, 1.165) is 6.42 Å². The molecule has 0 atom stereocenters. The van der Waals surface area contributed by atoms with Gasteiger partial charge in [0.15, 0.2) is 6.61 Å². The number of nitrogens with zero attached hydrogens (tertiary/aromatic N) is 1. The van der Waals surface area contributed by atoms with E-state index < -0.39 is 0 Å². The van der Waals surface area contributed by atoms with Gasteiger partial charge < -0.3 is 15.0 Å². The molecule has 148 valence electrons. The lowest BCUT2D eigenvalue weighted by molar-refractivity contribution is -0.154. The van der Waals surface area contributed by atoms with Crippen LogP contribution in [0.5, 0.6) is 0 Å². The number of esters is 1. The van der Waals surface area contributed by atoms with Gasteiger partial charge >= 0.3 is 5.97 Å². The Balaban J connectivity index is 1.77. The van der Waals surface area contributed by atoms with Crippen LogP contribution in [0.1, 0.15) is 50.4 Å². The van der Waals surface area contributed by atoms with E-state index in [4.69, 9.17) is 16.3 Å². The highest BCUT2D eigenvalue weighted by Crippen LogP contribution is 2.21. The fourth-order valence-electron chi connectivity index (χ4n) is 2.85. The molecule has 1 N–H and O–H groups in total. The zero-order valence-corrected chi connectivity index (χ0v) is 16.8. The molecule has 0 bridgehead atoms. The molecule has 2 amide bonds. The summed E-state index contributed by atoms with van der Waals surface area (Å²) in [6.07, 6.45) is 1.84. The van der Waals surface area contributed by atoms with Crippen molar-refractivity contribution in [3.05, 3.63) is 34.9 Å². The summed E-state index contributed by atoms with van der Waals surface area (Å²) >= 11 is 5.85. The normalized spacial score (nSPS) is 15.3. The maximum absolute atomic E-state index is 12.5. The number of hydrogen-bond acceptors (Lipinski definition) is 4. The van der Waals surface area contributed by atoms with Gasteiger partial charge in [-0.2, -0.15) is 0 Å². The Morgan fingerprint density at radius 2 is 1.78 bits per heavy atom. The number of ether oxygens (including phenoxy) is 1. The second-order valence-electron chi connectivity index (χ2n) is 7.47. The van der Waals surface area contributed by atoms with Crippen molar-refractivity contribution in [3.63, 3.8) is 0 Å². The van der Waals surface area contributed by atoms with Crippen LogP contribution in [-0.4, -0.2) is 47.9 Å². The Kier molecular flexibility index (Phi) is 7.25. The highest BCUT2D eigenvalue weighted by atomic mass is 35.5. The summed E-state index contributed by atoms with van der Waals surface area (Å²) < 4.78 is 5.16. The van der Waals surface area contributed by atoms with Crippen LogP contribution < -0.4 is 5.32 Å². The fourth-order valence-corrected chi connectivity index (χ4v) is 2.98. The van der Waals surface area contributed by atoms with E-state index in [0.29, 0.717) is 36.5 Å². The van der Waals surface area contributed by atoms with Gasteiger partial charge in [-0.05, 0) is 57.4 Å². The first-order valence-electron chi connectivity index (χ1n) is 9.24. The first kappa shape index (κ1) is 21.2. The number of carbonyl (C=O) groups is 3. The van der Waals surface area contributed by atoms with Gasteiger partial charge in [-0.25, -0.2) is 0 Å². The van der Waals surface area contributed by atoms with Crippen LogP contribution in [0.25, 0.3) is 0 Å². The van der Waals surface area contributed by atoms with Crippen molar-refractivity contribution in [2.75, 3.05) is 19.7 Å². The molecule has 1 aromatic rings. The average Bonchev–Trinajstić information content (AvgIpc) is 2.66. The Morgan fingerprint density at radius 1 is 1.19 bits per heavy atom. The number of likely N-dealkylation sites (tertiary alicyclic amines) is 1. The Hall–Kier alpha value is -2.08. The lowest BCUT2D eigenvalue weighted by Crippen LogP contribution is -2.45. The third-order valence-electron chi connectivity index (χ3n) is 4.91. The summed E-state index contributed by atoms with van der Waals surface area (Å²) in [6, 6.07) is 6.76. The van der Waals surface area contributed by atoms with Gasteiger partial charge in [0.05, 0.1) is 5.92 Å². The topological polar surface area (TPSA) is 75.7 Å². The summed E-state index contributed by atoms with van der Waals surface area (Å²) in [6.45, 7) is 6.50. The van der Waals surface area contributed by atoms with Crippen molar-refractivity contribution in [1.29, 1.82) is 0 Å². The quantitative estimate of drug-likeness (QED) is 0.752. The highest BCUT2D eigenvalue weighted by molar-refractivity contribution is 6.30. The number of rotatable bonds is 6. The molecule has 0 saturated carbocycles. The van der Waals surface area contributed by atoms with Gasteiger partial charge in [-0.3, -0.25) is 14.4 Å². The molecule has 27 heavy (non-hydrogen) atoms. The van der Waals surface area contributed by atoms with Crippen molar-refractivity contribution in [1.82, 2.24) is 10.2 Å². The molecule has 1 aliphatic rings. The van der Waals surface area contributed by atoms with Crippen molar-refractivity contribution in [3.8, 4) is 0 Å². The summed E-state index contributed by atoms with van der Waals surface area (Å²) in [7, 11) is 0. The van der Waals surface area contributed by atoms with Crippen LogP contribution in [0.15, 0.2) is 24.3 Å². The van der Waals surface area contributed by atoms with Gasteiger partial charge in [0, 0.05) is 29.2 Å². The molecular weight excluding hydrogens is 368 g/mol. The van der Waals surface area contributed by atoms with Gasteiger partial charge in [0.25, 0.3) is 11.8 Å². The predicted molar refractivity (Wildman–Crippen MR) is 104 cm³/mol. The van der Waals surface area contributed by atoms with Crippen molar-refractivity contribution >= 4 is 29.4 Å².